The number of amides is 2. The fourth-order valence-corrected chi connectivity index (χ4v) is 1.86. The van der Waals surface area contributed by atoms with Crippen molar-refractivity contribution in [2.24, 2.45) is 0 Å². The molecule has 2 aromatic rings. The van der Waals surface area contributed by atoms with E-state index in [4.69, 9.17) is 10.8 Å². The Hall–Kier alpha value is -2.85. The number of urea groups is 1. The van der Waals surface area contributed by atoms with Gasteiger partial charge in [-0.3, -0.25) is 0 Å². The molecule has 0 aliphatic heterocycles. The smallest absolute Gasteiger partial charge is 0.319 e. The van der Waals surface area contributed by atoms with Crippen LogP contribution in [-0.4, -0.2) is 17.7 Å². The van der Waals surface area contributed by atoms with Crippen LogP contribution in [-0.2, 0) is 5.60 Å². The first-order chi connectivity index (χ1) is 10.8. The van der Waals surface area contributed by atoms with Crippen LogP contribution in [0.1, 0.15) is 18.2 Å². The van der Waals surface area contributed by atoms with Gasteiger partial charge in [-0.1, -0.05) is 5.92 Å². The Kier molecular flexibility index (Phi) is 4.67. The van der Waals surface area contributed by atoms with Crippen molar-refractivity contribution >= 4 is 11.7 Å². The van der Waals surface area contributed by atoms with E-state index in [2.05, 4.69) is 11.2 Å². The van der Waals surface area contributed by atoms with Crippen molar-refractivity contribution in [3.63, 3.8) is 0 Å². The van der Waals surface area contributed by atoms with Crippen LogP contribution in [0.2, 0.25) is 0 Å². The monoisotopic (exact) mass is 320 g/mol. The molecule has 0 unspecified atom stereocenters. The quantitative estimate of drug-likeness (QED) is 0.758. The normalized spacial score (nSPS) is 13.0. The maximum atomic E-state index is 13.7. The number of carbonyl (C=O) groups is 1. The number of benzene rings is 1. The van der Waals surface area contributed by atoms with Crippen LogP contribution in [0.4, 0.5) is 19.3 Å². The van der Waals surface area contributed by atoms with Crippen LogP contribution in [0.15, 0.2) is 34.9 Å². The zero-order valence-electron chi connectivity index (χ0n) is 12.2. The molecule has 0 aliphatic rings. The van der Waals surface area contributed by atoms with Gasteiger partial charge in [0.1, 0.15) is 17.0 Å². The standard InChI is InChI=1S/C16H14F2N2O3/c1-3-10-7-11(17)14(12(18)8-10)20-15(21)19-9-16(2,22)13-5-4-6-23-13/h1,4-8,22H,9H2,2H3,(H2,19,20,21)/t16-/m0/s1. The molecule has 0 aliphatic carbocycles. The lowest BCUT2D eigenvalue weighted by molar-refractivity contribution is 0.0372. The van der Waals surface area contributed by atoms with E-state index in [0.717, 1.165) is 12.1 Å². The summed E-state index contributed by atoms with van der Waals surface area (Å²) >= 11 is 0. The molecule has 0 bridgehead atoms. The fraction of sp³-hybridized carbons (Fsp3) is 0.188. The van der Waals surface area contributed by atoms with Crippen LogP contribution < -0.4 is 10.6 Å². The molecule has 1 aromatic carbocycles. The maximum Gasteiger partial charge on any atom is 0.319 e. The van der Waals surface area contributed by atoms with Gasteiger partial charge in [-0.15, -0.1) is 6.42 Å². The van der Waals surface area contributed by atoms with Gasteiger partial charge in [0, 0.05) is 5.56 Å². The highest BCUT2D eigenvalue weighted by Crippen LogP contribution is 2.21. The zero-order valence-corrected chi connectivity index (χ0v) is 12.2. The molecule has 0 radical (unpaired) electrons. The highest BCUT2D eigenvalue weighted by atomic mass is 19.1. The van der Waals surface area contributed by atoms with E-state index in [1.807, 2.05) is 5.32 Å². The molecule has 0 saturated carbocycles. The maximum absolute atomic E-state index is 13.7. The molecule has 2 amide bonds. The number of anilines is 1. The van der Waals surface area contributed by atoms with E-state index >= 15 is 0 Å². The van der Waals surface area contributed by atoms with Crippen molar-refractivity contribution < 1.29 is 23.1 Å². The van der Waals surface area contributed by atoms with Gasteiger partial charge in [-0.05, 0) is 31.2 Å². The van der Waals surface area contributed by atoms with Gasteiger partial charge < -0.3 is 20.2 Å². The molecule has 1 heterocycles. The van der Waals surface area contributed by atoms with Crippen LogP contribution in [0, 0.1) is 24.0 Å². The van der Waals surface area contributed by atoms with Crippen molar-refractivity contribution in [3.8, 4) is 12.3 Å². The van der Waals surface area contributed by atoms with Crippen LogP contribution in [0.5, 0.6) is 0 Å². The summed E-state index contributed by atoms with van der Waals surface area (Å²) < 4.78 is 32.5. The van der Waals surface area contributed by atoms with Gasteiger partial charge in [0.05, 0.1) is 12.8 Å². The van der Waals surface area contributed by atoms with E-state index in [1.165, 1.54) is 19.3 Å². The Morgan fingerprint density at radius 2 is 2.09 bits per heavy atom. The van der Waals surface area contributed by atoms with E-state index < -0.39 is 29.0 Å². The average Bonchev–Trinajstić information content (AvgIpc) is 3.04. The summed E-state index contributed by atoms with van der Waals surface area (Å²) in [5.41, 5.74) is -2.07. The summed E-state index contributed by atoms with van der Waals surface area (Å²) in [5.74, 6) is 0.353. The lowest BCUT2D eigenvalue weighted by atomic mass is 10.0. The highest BCUT2D eigenvalue weighted by molar-refractivity contribution is 5.89. The summed E-state index contributed by atoms with van der Waals surface area (Å²) in [6.07, 6.45) is 6.44. The third-order valence-electron chi connectivity index (χ3n) is 3.09. The van der Waals surface area contributed by atoms with Crippen molar-refractivity contribution in [3.05, 3.63) is 53.5 Å². The Morgan fingerprint density at radius 3 is 2.61 bits per heavy atom. The van der Waals surface area contributed by atoms with Crippen LogP contribution in [0.3, 0.4) is 0 Å². The van der Waals surface area contributed by atoms with Crippen LogP contribution >= 0.6 is 0 Å². The molecular weight excluding hydrogens is 306 g/mol. The molecule has 1 aromatic heterocycles. The SMILES string of the molecule is C#Cc1cc(F)c(NC(=O)NC[C@](C)(O)c2ccco2)c(F)c1. The molecule has 23 heavy (non-hydrogen) atoms. The van der Waals surface area contributed by atoms with Gasteiger partial charge in [0.25, 0.3) is 0 Å². The highest BCUT2D eigenvalue weighted by Gasteiger charge is 2.27. The number of hydrogen-bond acceptors (Lipinski definition) is 3. The van der Waals surface area contributed by atoms with Gasteiger partial charge in [-0.25, -0.2) is 13.6 Å². The minimum atomic E-state index is -1.47. The largest absolute Gasteiger partial charge is 0.466 e. The predicted molar refractivity (Wildman–Crippen MR) is 79.6 cm³/mol. The van der Waals surface area contributed by atoms with E-state index in [-0.39, 0.29) is 17.9 Å². The molecule has 0 saturated heterocycles. The van der Waals surface area contributed by atoms with Crippen molar-refractivity contribution in [2.75, 3.05) is 11.9 Å². The summed E-state index contributed by atoms with van der Waals surface area (Å²) in [6.45, 7) is 1.20. The number of rotatable bonds is 4. The number of halogens is 2. The minimum Gasteiger partial charge on any atom is -0.466 e. The predicted octanol–water partition coefficient (Wildman–Crippen LogP) is 2.57. The first-order valence-corrected chi connectivity index (χ1v) is 6.60. The topological polar surface area (TPSA) is 74.5 Å². The number of carbonyl (C=O) groups excluding carboxylic acids is 1. The van der Waals surface area contributed by atoms with E-state index in [1.54, 1.807) is 6.07 Å². The molecule has 5 nitrogen and oxygen atoms in total. The van der Waals surface area contributed by atoms with Crippen molar-refractivity contribution in [2.45, 2.75) is 12.5 Å². The third kappa shape index (κ3) is 3.87. The number of furan rings is 1. The molecule has 0 fully saturated rings. The molecular formula is C16H14F2N2O3. The molecule has 0 spiro atoms. The summed E-state index contributed by atoms with van der Waals surface area (Å²) in [5, 5.41) is 14.5. The Bertz CT molecular complexity index is 726. The second-order valence-corrected chi connectivity index (χ2v) is 5.02. The number of aliphatic hydroxyl groups is 1. The Morgan fingerprint density at radius 1 is 1.43 bits per heavy atom. The first kappa shape index (κ1) is 16.5. The molecule has 2 rings (SSSR count). The Balaban J connectivity index is 2.02. The van der Waals surface area contributed by atoms with Crippen LogP contribution in [0.25, 0.3) is 0 Å². The fourth-order valence-electron chi connectivity index (χ4n) is 1.86. The van der Waals surface area contributed by atoms with E-state index in [0.29, 0.717) is 0 Å². The second kappa shape index (κ2) is 6.50. The number of nitrogens with one attached hydrogen (secondary N) is 2. The van der Waals surface area contributed by atoms with Gasteiger partial charge >= 0.3 is 6.03 Å². The zero-order chi connectivity index (χ0) is 17.0. The average molecular weight is 320 g/mol. The molecule has 7 heteroatoms. The molecule has 1 atom stereocenters. The van der Waals surface area contributed by atoms with Gasteiger partial charge in [0.15, 0.2) is 11.6 Å². The lowest BCUT2D eigenvalue weighted by Crippen LogP contribution is -2.40. The van der Waals surface area contributed by atoms with Gasteiger partial charge in [-0.2, -0.15) is 0 Å². The Labute approximate surface area is 131 Å². The van der Waals surface area contributed by atoms with E-state index in [9.17, 15) is 18.7 Å². The molecule has 3 N–H and O–H groups in total. The molecule has 120 valence electrons. The minimum absolute atomic E-state index is 0.0201. The second-order valence-electron chi connectivity index (χ2n) is 5.02. The first-order valence-electron chi connectivity index (χ1n) is 6.60. The summed E-state index contributed by atoms with van der Waals surface area (Å²) in [4.78, 5) is 11.8. The van der Waals surface area contributed by atoms with Crippen molar-refractivity contribution in [1.29, 1.82) is 0 Å². The van der Waals surface area contributed by atoms with Gasteiger partial charge in [0.2, 0.25) is 0 Å². The summed E-state index contributed by atoms with van der Waals surface area (Å²) in [6, 6.07) is 4.09. The lowest BCUT2D eigenvalue weighted by Gasteiger charge is -2.21. The number of hydrogen-bond donors (Lipinski definition) is 3. The number of terminal acetylenes is 1. The summed E-state index contributed by atoms with van der Waals surface area (Å²) in [7, 11) is 0. The van der Waals surface area contributed by atoms with Crippen molar-refractivity contribution in [1.82, 2.24) is 5.32 Å². The third-order valence-corrected chi connectivity index (χ3v) is 3.09.